The van der Waals surface area contributed by atoms with Crippen LogP contribution in [0.2, 0.25) is 0 Å². The number of anilines is 1. The summed E-state index contributed by atoms with van der Waals surface area (Å²) >= 11 is 0. The zero-order chi connectivity index (χ0) is 16.6. The maximum absolute atomic E-state index is 13.3. The van der Waals surface area contributed by atoms with E-state index in [4.69, 9.17) is 0 Å². The van der Waals surface area contributed by atoms with Gasteiger partial charge in [-0.25, -0.2) is 4.39 Å². The molecule has 1 amide bonds. The van der Waals surface area contributed by atoms with Crippen LogP contribution < -0.4 is 5.32 Å². The number of fused-ring (bicyclic) bond motifs is 1. The van der Waals surface area contributed by atoms with Gasteiger partial charge in [-0.05, 0) is 41.3 Å². The van der Waals surface area contributed by atoms with E-state index in [0.717, 1.165) is 16.8 Å². The SMILES string of the molecule is CC(C)(C)c1ccccc1NC(=O)c1cc2cc(F)ccc2[nH]1. The zero-order valence-corrected chi connectivity index (χ0v) is 13.4. The van der Waals surface area contributed by atoms with Crippen molar-refractivity contribution in [3.63, 3.8) is 0 Å². The summed E-state index contributed by atoms with van der Waals surface area (Å²) < 4.78 is 13.3. The lowest BCUT2D eigenvalue weighted by molar-refractivity contribution is 0.102. The quantitative estimate of drug-likeness (QED) is 0.698. The van der Waals surface area contributed by atoms with Crippen molar-refractivity contribution in [1.82, 2.24) is 4.98 Å². The lowest BCUT2D eigenvalue weighted by Gasteiger charge is -2.22. The van der Waals surface area contributed by atoms with Gasteiger partial charge in [-0.3, -0.25) is 4.79 Å². The molecule has 0 atom stereocenters. The van der Waals surface area contributed by atoms with Gasteiger partial charge in [-0.2, -0.15) is 0 Å². The number of amides is 1. The largest absolute Gasteiger partial charge is 0.351 e. The number of halogens is 1. The summed E-state index contributed by atoms with van der Waals surface area (Å²) in [6.45, 7) is 6.30. The van der Waals surface area contributed by atoms with Crippen molar-refractivity contribution < 1.29 is 9.18 Å². The average molecular weight is 310 g/mol. The Morgan fingerprint density at radius 1 is 1.09 bits per heavy atom. The Bertz CT molecular complexity index is 874. The van der Waals surface area contributed by atoms with E-state index in [2.05, 4.69) is 31.1 Å². The fourth-order valence-corrected chi connectivity index (χ4v) is 2.66. The Morgan fingerprint density at radius 3 is 2.57 bits per heavy atom. The lowest BCUT2D eigenvalue weighted by Crippen LogP contribution is -2.18. The molecule has 0 saturated carbocycles. The summed E-state index contributed by atoms with van der Waals surface area (Å²) in [5.41, 5.74) is 2.92. The molecule has 2 aromatic carbocycles. The molecular weight excluding hydrogens is 291 g/mol. The third-order valence-corrected chi connectivity index (χ3v) is 3.81. The number of carbonyl (C=O) groups is 1. The molecule has 0 radical (unpaired) electrons. The molecule has 2 N–H and O–H groups in total. The van der Waals surface area contributed by atoms with Crippen LogP contribution in [0.4, 0.5) is 10.1 Å². The number of hydrogen-bond donors (Lipinski definition) is 2. The molecular formula is C19H19FN2O. The highest BCUT2D eigenvalue weighted by Gasteiger charge is 2.19. The van der Waals surface area contributed by atoms with Crippen LogP contribution in [-0.4, -0.2) is 10.9 Å². The summed E-state index contributed by atoms with van der Waals surface area (Å²) in [4.78, 5) is 15.5. The number of rotatable bonds is 2. The van der Waals surface area contributed by atoms with E-state index < -0.39 is 0 Å². The molecule has 3 aromatic rings. The van der Waals surface area contributed by atoms with E-state index >= 15 is 0 Å². The molecule has 23 heavy (non-hydrogen) atoms. The summed E-state index contributed by atoms with van der Waals surface area (Å²) in [6, 6.07) is 13.8. The minimum absolute atomic E-state index is 0.0759. The molecule has 0 aliphatic heterocycles. The fourth-order valence-electron chi connectivity index (χ4n) is 2.66. The van der Waals surface area contributed by atoms with Crippen molar-refractivity contribution in [3.8, 4) is 0 Å². The summed E-state index contributed by atoms with van der Waals surface area (Å²) in [5, 5.41) is 3.62. The number of H-pyrrole nitrogens is 1. The van der Waals surface area contributed by atoms with Gasteiger partial charge < -0.3 is 10.3 Å². The first kappa shape index (κ1) is 15.3. The van der Waals surface area contributed by atoms with Crippen LogP contribution >= 0.6 is 0 Å². The van der Waals surface area contributed by atoms with Crippen LogP contribution in [0.25, 0.3) is 10.9 Å². The maximum Gasteiger partial charge on any atom is 0.272 e. The van der Waals surface area contributed by atoms with Gasteiger partial charge in [-0.1, -0.05) is 39.0 Å². The van der Waals surface area contributed by atoms with E-state index in [9.17, 15) is 9.18 Å². The van der Waals surface area contributed by atoms with Crippen molar-refractivity contribution in [2.24, 2.45) is 0 Å². The van der Waals surface area contributed by atoms with Gasteiger partial charge in [-0.15, -0.1) is 0 Å². The normalized spacial score (nSPS) is 11.7. The Morgan fingerprint density at radius 2 is 1.83 bits per heavy atom. The number of aromatic amines is 1. The standard InChI is InChI=1S/C19H19FN2O/c1-19(2,3)14-6-4-5-7-16(14)22-18(23)17-11-12-10-13(20)8-9-15(12)21-17/h4-11,21H,1-3H3,(H,22,23). The van der Waals surface area contributed by atoms with Crippen LogP contribution in [0.15, 0.2) is 48.5 Å². The third kappa shape index (κ3) is 3.11. The highest BCUT2D eigenvalue weighted by Crippen LogP contribution is 2.29. The van der Waals surface area contributed by atoms with Gasteiger partial charge >= 0.3 is 0 Å². The fraction of sp³-hybridized carbons (Fsp3) is 0.211. The van der Waals surface area contributed by atoms with Gasteiger partial charge in [0, 0.05) is 16.6 Å². The molecule has 1 heterocycles. The average Bonchev–Trinajstić information content (AvgIpc) is 2.89. The molecule has 3 rings (SSSR count). The smallest absolute Gasteiger partial charge is 0.272 e. The number of para-hydroxylation sites is 1. The molecule has 118 valence electrons. The Hall–Kier alpha value is -2.62. The van der Waals surface area contributed by atoms with E-state index in [1.54, 1.807) is 12.1 Å². The van der Waals surface area contributed by atoms with Crippen molar-refractivity contribution >= 4 is 22.5 Å². The maximum atomic E-state index is 13.3. The molecule has 1 aromatic heterocycles. The van der Waals surface area contributed by atoms with Crippen LogP contribution in [0.5, 0.6) is 0 Å². The van der Waals surface area contributed by atoms with Gasteiger partial charge in [0.15, 0.2) is 0 Å². The second-order valence-corrected chi connectivity index (χ2v) is 6.66. The summed E-state index contributed by atoms with van der Waals surface area (Å²) in [5.74, 6) is -0.556. The van der Waals surface area contributed by atoms with Crippen molar-refractivity contribution in [3.05, 3.63) is 65.6 Å². The molecule has 0 aliphatic rings. The third-order valence-electron chi connectivity index (χ3n) is 3.81. The lowest BCUT2D eigenvalue weighted by atomic mass is 9.86. The molecule has 3 nitrogen and oxygen atoms in total. The first-order chi connectivity index (χ1) is 10.8. The van der Waals surface area contributed by atoms with Crippen molar-refractivity contribution in [1.29, 1.82) is 0 Å². The number of nitrogens with one attached hydrogen (secondary N) is 2. The molecule has 0 saturated heterocycles. The monoisotopic (exact) mass is 310 g/mol. The summed E-state index contributed by atoms with van der Waals surface area (Å²) in [6.07, 6.45) is 0. The summed E-state index contributed by atoms with van der Waals surface area (Å²) in [7, 11) is 0. The molecule has 0 bridgehead atoms. The predicted molar refractivity (Wildman–Crippen MR) is 91.4 cm³/mol. The number of carbonyl (C=O) groups excluding carboxylic acids is 1. The minimum atomic E-state index is -0.318. The van der Waals surface area contributed by atoms with E-state index in [1.165, 1.54) is 12.1 Å². The molecule has 0 fully saturated rings. The van der Waals surface area contributed by atoms with E-state index in [1.807, 2.05) is 24.3 Å². The van der Waals surface area contributed by atoms with Crippen LogP contribution in [-0.2, 0) is 5.41 Å². The van der Waals surface area contributed by atoms with Gasteiger partial charge in [0.05, 0.1) is 0 Å². The Labute approximate surface area is 134 Å². The van der Waals surface area contributed by atoms with Gasteiger partial charge in [0.2, 0.25) is 0 Å². The topological polar surface area (TPSA) is 44.9 Å². The van der Waals surface area contributed by atoms with Crippen molar-refractivity contribution in [2.45, 2.75) is 26.2 Å². The van der Waals surface area contributed by atoms with Crippen molar-refractivity contribution in [2.75, 3.05) is 5.32 Å². The van der Waals surface area contributed by atoms with E-state index in [-0.39, 0.29) is 17.1 Å². The second-order valence-electron chi connectivity index (χ2n) is 6.66. The first-order valence-electron chi connectivity index (χ1n) is 7.54. The van der Waals surface area contributed by atoms with E-state index in [0.29, 0.717) is 11.1 Å². The van der Waals surface area contributed by atoms with Gasteiger partial charge in [0.25, 0.3) is 5.91 Å². The molecule has 0 spiro atoms. The zero-order valence-electron chi connectivity index (χ0n) is 13.4. The Balaban J connectivity index is 1.92. The van der Waals surface area contributed by atoms with Gasteiger partial charge in [0.1, 0.15) is 11.5 Å². The predicted octanol–water partition coefficient (Wildman–Crippen LogP) is 4.86. The van der Waals surface area contributed by atoms with Crippen LogP contribution in [0, 0.1) is 5.82 Å². The first-order valence-corrected chi connectivity index (χ1v) is 7.54. The molecule has 0 aliphatic carbocycles. The number of aromatic nitrogens is 1. The second kappa shape index (κ2) is 5.54. The highest BCUT2D eigenvalue weighted by molar-refractivity contribution is 6.06. The minimum Gasteiger partial charge on any atom is -0.351 e. The van der Waals surface area contributed by atoms with Crippen LogP contribution in [0.3, 0.4) is 0 Å². The molecule has 0 unspecified atom stereocenters. The Kier molecular flexibility index (Phi) is 3.68. The number of hydrogen-bond acceptors (Lipinski definition) is 1. The number of benzene rings is 2. The van der Waals surface area contributed by atoms with Crippen LogP contribution in [0.1, 0.15) is 36.8 Å². The highest BCUT2D eigenvalue weighted by atomic mass is 19.1. The molecule has 4 heteroatoms.